The molecule has 33 heavy (non-hydrogen) atoms. The van der Waals surface area contributed by atoms with Gasteiger partial charge in [0, 0.05) is 35.6 Å². The first-order valence-corrected chi connectivity index (χ1v) is 11.1. The van der Waals surface area contributed by atoms with Crippen LogP contribution in [0.1, 0.15) is 22.3 Å². The molecule has 2 heterocycles. The number of anilines is 1. The minimum absolute atomic E-state index is 0.111. The van der Waals surface area contributed by atoms with Crippen molar-refractivity contribution < 1.29 is 4.74 Å². The number of H-pyrrole nitrogens is 1. The van der Waals surface area contributed by atoms with Crippen LogP contribution in [0.4, 0.5) is 5.69 Å². The van der Waals surface area contributed by atoms with Crippen molar-refractivity contribution in [3.8, 4) is 5.75 Å². The number of aromatic amines is 1. The van der Waals surface area contributed by atoms with Crippen molar-refractivity contribution in [1.29, 1.82) is 0 Å². The first-order chi connectivity index (χ1) is 15.9. The summed E-state index contributed by atoms with van der Waals surface area (Å²) in [5, 5.41) is 4.84. The lowest BCUT2D eigenvalue weighted by Crippen LogP contribution is -2.35. The van der Waals surface area contributed by atoms with Gasteiger partial charge in [-0.2, -0.15) is 0 Å². The second-order valence-corrected chi connectivity index (χ2v) is 8.37. The molecule has 0 atom stereocenters. The number of aromatic nitrogens is 2. The van der Waals surface area contributed by atoms with Gasteiger partial charge in [-0.05, 0) is 79.2 Å². The van der Waals surface area contributed by atoms with Crippen LogP contribution in [-0.2, 0) is 13.1 Å². The fourth-order valence-corrected chi connectivity index (χ4v) is 3.98. The number of methoxy groups -OCH3 is 1. The first-order valence-electron chi connectivity index (χ1n) is 10.7. The Morgan fingerprint density at radius 3 is 2.55 bits per heavy atom. The standard InChI is InChI=1S/C26H26N4O2S/c1-17-6-7-18(2)24-23(17)13-20(25(31)29-24)16-30(15-19-5-4-12-27-14-19)26(33)28-21-8-10-22(32-3)11-9-21/h4-14H,15-16H2,1-3H3,(H,28,33)(H,29,31). The van der Waals surface area contributed by atoms with E-state index in [0.29, 0.717) is 23.8 Å². The normalized spacial score (nSPS) is 10.8. The van der Waals surface area contributed by atoms with Crippen molar-refractivity contribution in [3.63, 3.8) is 0 Å². The van der Waals surface area contributed by atoms with Gasteiger partial charge in [0.15, 0.2) is 5.11 Å². The van der Waals surface area contributed by atoms with Crippen LogP contribution in [-0.4, -0.2) is 27.1 Å². The Kier molecular flexibility index (Phi) is 6.70. The molecular weight excluding hydrogens is 432 g/mol. The summed E-state index contributed by atoms with van der Waals surface area (Å²) >= 11 is 5.75. The predicted octanol–water partition coefficient (Wildman–Crippen LogP) is 4.95. The molecule has 6 nitrogen and oxygen atoms in total. The van der Waals surface area contributed by atoms with Crippen molar-refractivity contribution in [3.05, 3.63) is 99.6 Å². The van der Waals surface area contributed by atoms with Gasteiger partial charge in [-0.25, -0.2) is 0 Å². The Balaban J connectivity index is 1.66. The van der Waals surface area contributed by atoms with E-state index in [2.05, 4.69) is 21.4 Å². The van der Waals surface area contributed by atoms with Gasteiger partial charge in [-0.3, -0.25) is 9.78 Å². The lowest BCUT2D eigenvalue weighted by molar-refractivity contribution is 0.410. The maximum absolute atomic E-state index is 13.0. The van der Waals surface area contributed by atoms with Crippen LogP contribution in [0.2, 0.25) is 0 Å². The predicted molar refractivity (Wildman–Crippen MR) is 137 cm³/mol. The molecule has 4 aromatic rings. The smallest absolute Gasteiger partial charge is 0.253 e. The number of thiocarbonyl (C=S) groups is 1. The molecule has 0 fully saturated rings. The molecule has 0 saturated heterocycles. The molecule has 0 spiro atoms. The molecule has 0 aliphatic rings. The number of hydrogen-bond acceptors (Lipinski definition) is 4. The van der Waals surface area contributed by atoms with Gasteiger partial charge >= 0.3 is 0 Å². The molecule has 2 N–H and O–H groups in total. The highest BCUT2D eigenvalue weighted by molar-refractivity contribution is 7.80. The molecule has 0 saturated carbocycles. The van der Waals surface area contributed by atoms with Crippen molar-refractivity contribution in [2.24, 2.45) is 0 Å². The van der Waals surface area contributed by atoms with Crippen LogP contribution in [0.5, 0.6) is 5.75 Å². The summed E-state index contributed by atoms with van der Waals surface area (Å²) in [4.78, 5) is 22.2. The molecule has 4 rings (SSSR count). The third-order valence-electron chi connectivity index (χ3n) is 5.61. The van der Waals surface area contributed by atoms with Crippen LogP contribution in [0.3, 0.4) is 0 Å². The number of pyridine rings is 2. The van der Waals surface area contributed by atoms with Gasteiger partial charge in [0.05, 0.1) is 19.2 Å². The third-order valence-corrected chi connectivity index (χ3v) is 5.97. The van der Waals surface area contributed by atoms with Crippen molar-refractivity contribution >= 4 is 33.9 Å². The number of hydrogen-bond donors (Lipinski definition) is 2. The summed E-state index contributed by atoms with van der Waals surface area (Å²) in [7, 11) is 1.63. The van der Waals surface area contributed by atoms with E-state index in [1.807, 2.05) is 67.3 Å². The molecule has 0 amide bonds. The molecule has 0 aliphatic heterocycles. The van der Waals surface area contributed by atoms with Gasteiger partial charge in [0.25, 0.3) is 5.56 Å². The van der Waals surface area contributed by atoms with E-state index >= 15 is 0 Å². The zero-order valence-electron chi connectivity index (χ0n) is 18.9. The second-order valence-electron chi connectivity index (χ2n) is 7.99. The van der Waals surface area contributed by atoms with Crippen LogP contribution < -0.4 is 15.6 Å². The Morgan fingerprint density at radius 1 is 1.09 bits per heavy atom. The number of nitrogens with zero attached hydrogens (tertiary/aromatic N) is 2. The Hall–Kier alpha value is -3.71. The summed E-state index contributed by atoms with van der Waals surface area (Å²) in [6.07, 6.45) is 3.54. The largest absolute Gasteiger partial charge is 0.497 e. The number of ether oxygens (including phenoxy) is 1. The molecule has 0 radical (unpaired) electrons. The van der Waals surface area contributed by atoms with E-state index in [1.54, 1.807) is 19.5 Å². The van der Waals surface area contributed by atoms with Gasteiger partial charge in [-0.15, -0.1) is 0 Å². The summed E-state index contributed by atoms with van der Waals surface area (Å²) in [6, 6.07) is 17.5. The zero-order valence-corrected chi connectivity index (χ0v) is 19.7. The summed E-state index contributed by atoms with van der Waals surface area (Å²) < 4.78 is 5.23. The van der Waals surface area contributed by atoms with Crippen LogP contribution in [0.25, 0.3) is 10.9 Å². The second kappa shape index (κ2) is 9.83. The van der Waals surface area contributed by atoms with Crippen molar-refractivity contribution in [1.82, 2.24) is 14.9 Å². The fraction of sp³-hybridized carbons (Fsp3) is 0.192. The molecule has 168 valence electrons. The topological polar surface area (TPSA) is 70.2 Å². The molecule has 2 aromatic heterocycles. The Labute approximate surface area is 198 Å². The van der Waals surface area contributed by atoms with E-state index in [4.69, 9.17) is 17.0 Å². The van der Waals surface area contributed by atoms with E-state index in [0.717, 1.165) is 39.0 Å². The van der Waals surface area contributed by atoms with Crippen molar-refractivity contribution in [2.45, 2.75) is 26.9 Å². The number of rotatable bonds is 6. The lowest BCUT2D eigenvalue weighted by atomic mass is 10.0. The minimum Gasteiger partial charge on any atom is -0.497 e. The number of aryl methyl sites for hydroxylation is 2. The minimum atomic E-state index is -0.111. The molecular formula is C26H26N4O2S. The maximum atomic E-state index is 13.0. The lowest BCUT2D eigenvalue weighted by Gasteiger charge is -2.26. The summed E-state index contributed by atoms with van der Waals surface area (Å²) in [5.74, 6) is 0.770. The van der Waals surface area contributed by atoms with Gasteiger partial charge in [0.2, 0.25) is 0 Å². The van der Waals surface area contributed by atoms with Crippen LogP contribution in [0, 0.1) is 13.8 Å². The monoisotopic (exact) mass is 458 g/mol. The van der Waals surface area contributed by atoms with E-state index in [1.165, 1.54) is 0 Å². The van der Waals surface area contributed by atoms with E-state index < -0.39 is 0 Å². The Morgan fingerprint density at radius 2 is 1.85 bits per heavy atom. The average molecular weight is 459 g/mol. The quantitative estimate of drug-likeness (QED) is 0.399. The third kappa shape index (κ3) is 5.21. The highest BCUT2D eigenvalue weighted by Crippen LogP contribution is 2.21. The maximum Gasteiger partial charge on any atom is 0.253 e. The van der Waals surface area contributed by atoms with Crippen LogP contribution >= 0.6 is 12.2 Å². The van der Waals surface area contributed by atoms with Crippen molar-refractivity contribution in [2.75, 3.05) is 12.4 Å². The Bertz CT molecular complexity index is 1330. The van der Waals surface area contributed by atoms with Gasteiger partial charge in [0.1, 0.15) is 5.75 Å². The average Bonchev–Trinajstić information content (AvgIpc) is 2.83. The molecule has 7 heteroatoms. The molecule has 2 aromatic carbocycles. The molecule has 0 aliphatic carbocycles. The highest BCUT2D eigenvalue weighted by atomic mass is 32.1. The molecule has 0 bridgehead atoms. The molecule has 0 unspecified atom stereocenters. The van der Waals surface area contributed by atoms with Gasteiger partial charge in [-0.1, -0.05) is 18.2 Å². The zero-order chi connectivity index (χ0) is 23.4. The summed E-state index contributed by atoms with van der Waals surface area (Å²) in [6.45, 7) is 4.92. The SMILES string of the molecule is COc1ccc(NC(=S)N(Cc2cccnc2)Cc2cc3c(C)ccc(C)c3[nH]c2=O)cc1. The number of nitrogens with one attached hydrogen (secondary N) is 2. The van der Waals surface area contributed by atoms with Gasteiger partial charge < -0.3 is 19.9 Å². The summed E-state index contributed by atoms with van der Waals surface area (Å²) in [5.41, 5.74) is 5.42. The first kappa shape index (κ1) is 22.5. The van der Waals surface area contributed by atoms with Crippen LogP contribution in [0.15, 0.2) is 71.8 Å². The fourth-order valence-electron chi connectivity index (χ4n) is 3.73. The van der Waals surface area contributed by atoms with E-state index in [-0.39, 0.29) is 5.56 Å². The highest BCUT2D eigenvalue weighted by Gasteiger charge is 2.15. The number of fused-ring (bicyclic) bond motifs is 1. The van der Waals surface area contributed by atoms with E-state index in [9.17, 15) is 4.79 Å². The number of benzene rings is 2.